The molecule has 7 heteroatoms. The van der Waals surface area contributed by atoms with Crippen molar-refractivity contribution >= 4 is 18.0 Å². The van der Waals surface area contributed by atoms with Crippen molar-refractivity contribution < 1.29 is 29.0 Å². The molecule has 1 N–H and O–H groups in total. The number of rotatable bonds is 2. The van der Waals surface area contributed by atoms with Crippen molar-refractivity contribution in [1.29, 1.82) is 0 Å². The van der Waals surface area contributed by atoms with Crippen LogP contribution in [0.5, 0.6) is 0 Å². The predicted octanol–water partition coefficient (Wildman–Crippen LogP) is 1.01. The van der Waals surface area contributed by atoms with Crippen LogP contribution in [0, 0.1) is 0 Å². The quantitative estimate of drug-likeness (QED) is 0.755. The number of hydrogen-bond donors (Lipinski definition) is 1. The summed E-state index contributed by atoms with van der Waals surface area (Å²) >= 11 is 0. The fourth-order valence-electron chi connectivity index (χ4n) is 1.92. The number of nitrogens with zero attached hydrogens (tertiary/aromatic N) is 1. The van der Waals surface area contributed by atoms with Gasteiger partial charge in [-0.05, 0) is 20.8 Å². The lowest BCUT2D eigenvalue weighted by molar-refractivity contribution is -0.154. The number of esters is 1. The maximum Gasteiger partial charge on any atom is 0.411 e. The van der Waals surface area contributed by atoms with E-state index in [1.165, 1.54) is 6.92 Å². The molecule has 1 aliphatic heterocycles. The molecule has 1 rings (SSSR count). The van der Waals surface area contributed by atoms with Gasteiger partial charge in [-0.3, -0.25) is 9.69 Å². The number of carboxylic acids is 1. The van der Waals surface area contributed by atoms with Crippen LogP contribution in [-0.4, -0.2) is 52.3 Å². The Morgan fingerprint density at radius 1 is 1.26 bits per heavy atom. The van der Waals surface area contributed by atoms with Crippen LogP contribution >= 0.6 is 0 Å². The third-order valence-corrected chi connectivity index (χ3v) is 2.54. The smallest absolute Gasteiger partial charge is 0.411 e. The van der Waals surface area contributed by atoms with Gasteiger partial charge in [-0.25, -0.2) is 9.59 Å². The Morgan fingerprint density at radius 2 is 1.84 bits per heavy atom. The molecule has 1 aliphatic rings. The van der Waals surface area contributed by atoms with E-state index in [9.17, 15) is 19.5 Å². The van der Waals surface area contributed by atoms with E-state index >= 15 is 0 Å². The normalized spacial score (nSPS) is 23.1. The second-order valence-corrected chi connectivity index (χ2v) is 5.39. The largest absolute Gasteiger partial charge is 0.480 e. The maximum absolute atomic E-state index is 11.9. The van der Waals surface area contributed by atoms with Crippen LogP contribution in [0.1, 0.15) is 34.1 Å². The number of amides is 1. The van der Waals surface area contributed by atoms with E-state index in [0.29, 0.717) is 0 Å². The molecule has 108 valence electrons. The first-order valence-electron chi connectivity index (χ1n) is 6.01. The zero-order chi connectivity index (χ0) is 14.8. The van der Waals surface area contributed by atoms with Crippen LogP contribution < -0.4 is 0 Å². The Morgan fingerprint density at radius 3 is 2.26 bits per heavy atom. The molecule has 2 atom stereocenters. The zero-order valence-electron chi connectivity index (χ0n) is 11.5. The van der Waals surface area contributed by atoms with Gasteiger partial charge in [-0.2, -0.15) is 0 Å². The number of carbonyl (C=O) groups is 3. The second-order valence-electron chi connectivity index (χ2n) is 5.39. The summed E-state index contributed by atoms with van der Waals surface area (Å²) < 4.78 is 10.1. The van der Waals surface area contributed by atoms with Gasteiger partial charge >= 0.3 is 18.0 Å². The van der Waals surface area contributed by atoms with Gasteiger partial charge in [0.25, 0.3) is 0 Å². The number of ether oxygens (including phenoxy) is 2. The van der Waals surface area contributed by atoms with Gasteiger partial charge in [0.05, 0.1) is 0 Å². The van der Waals surface area contributed by atoms with Crippen LogP contribution in [0.25, 0.3) is 0 Å². The van der Waals surface area contributed by atoms with Gasteiger partial charge in [0.15, 0.2) is 6.04 Å². The topological polar surface area (TPSA) is 93.1 Å². The van der Waals surface area contributed by atoms with Gasteiger partial charge in [0.1, 0.15) is 11.7 Å². The van der Waals surface area contributed by atoms with Crippen molar-refractivity contribution in [2.24, 2.45) is 0 Å². The molecule has 1 unspecified atom stereocenters. The lowest BCUT2D eigenvalue weighted by atomic mass is 10.1. The van der Waals surface area contributed by atoms with Crippen molar-refractivity contribution in [1.82, 2.24) is 4.90 Å². The first-order valence-corrected chi connectivity index (χ1v) is 6.01. The highest BCUT2D eigenvalue weighted by Crippen LogP contribution is 2.24. The molecule has 0 saturated carbocycles. The summed E-state index contributed by atoms with van der Waals surface area (Å²) in [7, 11) is 0. The van der Waals surface area contributed by atoms with E-state index in [2.05, 4.69) is 0 Å². The van der Waals surface area contributed by atoms with E-state index in [4.69, 9.17) is 9.47 Å². The highest BCUT2D eigenvalue weighted by molar-refractivity contribution is 5.82. The van der Waals surface area contributed by atoms with Gasteiger partial charge in [0.2, 0.25) is 0 Å². The first kappa shape index (κ1) is 15.3. The molecule has 19 heavy (non-hydrogen) atoms. The van der Waals surface area contributed by atoms with Crippen LogP contribution in [0.3, 0.4) is 0 Å². The molecule has 0 aromatic heterocycles. The summed E-state index contributed by atoms with van der Waals surface area (Å²) in [6, 6.07) is -1.20. The minimum Gasteiger partial charge on any atom is -0.480 e. The second kappa shape index (κ2) is 5.46. The van der Waals surface area contributed by atoms with Crippen molar-refractivity contribution in [2.45, 2.75) is 51.9 Å². The summed E-state index contributed by atoms with van der Waals surface area (Å²) in [5, 5.41) is 9.17. The Kier molecular flexibility index (Phi) is 4.39. The molecule has 0 aromatic carbocycles. The number of likely N-dealkylation sites (tertiary alicyclic amines) is 1. The fraction of sp³-hybridized carbons (Fsp3) is 0.750. The Bertz CT molecular complexity index is 386. The lowest BCUT2D eigenvalue weighted by Crippen LogP contribution is -2.47. The molecule has 1 fully saturated rings. The number of carboxylic acid groups (broad SMARTS) is 1. The summed E-state index contributed by atoms with van der Waals surface area (Å²) in [6.45, 7) is 6.47. The number of aliphatic carboxylic acids is 1. The first-order chi connectivity index (χ1) is 8.61. The lowest BCUT2D eigenvalue weighted by Gasteiger charge is -2.27. The Balaban J connectivity index is 2.81. The van der Waals surface area contributed by atoms with Crippen LogP contribution in [0.4, 0.5) is 4.79 Å². The minimum atomic E-state index is -1.21. The summed E-state index contributed by atoms with van der Waals surface area (Å²) in [5.41, 5.74) is -0.709. The SMILES string of the molecule is CC(=O)OC1CCN(C(=O)OC(C)(C)C)[C@H]1C(=O)O. The zero-order valence-corrected chi connectivity index (χ0v) is 11.5. The van der Waals surface area contributed by atoms with Crippen molar-refractivity contribution in [3.63, 3.8) is 0 Å². The van der Waals surface area contributed by atoms with Crippen molar-refractivity contribution in [2.75, 3.05) is 6.54 Å². The maximum atomic E-state index is 11.9. The molecule has 0 radical (unpaired) electrons. The monoisotopic (exact) mass is 273 g/mol. The number of carbonyl (C=O) groups excluding carboxylic acids is 2. The van der Waals surface area contributed by atoms with E-state index in [-0.39, 0.29) is 13.0 Å². The highest BCUT2D eigenvalue weighted by Gasteiger charge is 2.45. The Labute approximate surface area is 111 Å². The minimum absolute atomic E-state index is 0.184. The summed E-state index contributed by atoms with van der Waals surface area (Å²) in [5.74, 6) is -1.78. The molecule has 1 saturated heterocycles. The molecule has 7 nitrogen and oxygen atoms in total. The molecule has 0 aliphatic carbocycles. The highest BCUT2D eigenvalue weighted by atomic mass is 16.6. The van der Waals surface area contributed by atoms with Crippen molar-refractivity contribution in [3.05, 3.63) is 0 Å². The van der Waals surface area contributed by atoms with E-state index in [1.807, 2.05) is 0 Å². The van der Waals surface area contributed by atoms with Crippen LogP contribution in [-0.2, 0) is 19.1 Å². The summed E-state index contributed by atoms with van der Waals surface area (Å²) in [4.78, 5) is 35.1. The molecular weight excluding hydrogens is 254 g/mol. The fourth-order valence-corrected chi connectivity index (χ4v) is 1.92. The standard InChI is InChI=1S/C12H19NO6/c1-7(14)18-8-5-6-13(9(8)10(15)16)11(17)19-12(2,3)4/h8-9H,5-6H2,1-4H3,(H,15,16)/t8?,9-/m1/s1. The average molecular weight is 273 g/mol. The molecule has 1 amide bonds. The van der Waals surface area contributed by atoms with Gasteiger partial charge < -0.3 is 14.6 Å². The summed E-state index contributed by atoms with van der Waals surface area (Å²) in [6.07, 6.45) is -1.26. The molecule has 0 aromatic rings. The molecule has 0 spiro atoms. The van der Waals surface area contributed by atoms with Gasteiger partial charge in [0, 0.05) is 19.9 Å². The molecule has 0 bridgehead atoms. The van der Waals surface area contributed by atoms with Crippen molar-refractivity contribution in [3.8, 4) is 0 Å². The number of hydrogen-bond acceptors (Lipinski definition) is 5. The Hall–Kier alpha value is -1.79. The predicted molar refractivity (Wildman–Crippen MR) is 64.5 cm³/mol. The molecular formula is C12H19NO6. The molecule has 1 heterocycles. The van der Waals surface area contributed by atoms with Crippen LogP contribution in [0.15, 0.2) is 0 Å². The third kappa shape index (κ3) is 4.11. The average Bonchev–Trinajstić information content (AvgIpc) is 2.57. The van der Waals surface area contributed by atoms with E-state index in [1.54, 1.807) is 20.8 Å². The van der Waals surface area contributed by atoms with E-state index < -0.39 is 35.8 Å². The van der Waals surface area contributed by atoms with E-state index in [0.717, 1.165) is 4.90 Å². The van der Waals surface area contributed by atoms with Gasteiger partial charge in [-0.1, -0.05) is 0 Å². The third-order valence-electron chi connectivity index (χ3n) is 2.54. The van der Waals surface area contributed by atoms with Crippen LogP contribution in [0.2, 0.25) is 0 Å². The van der Waals surface area contributed by atoms with Gasteiger partial charge in [-0.15, -0.1) is 0 Å².